The van der Waals surface area contributed by atoms with Gasteiger partial charge in [-0.15, -0.1) is 0 Å². The third kappa shape index (κ3) is 1.80. The van der Waals surface area contributed by atoms with Crippen LogP contribution in [0.25, 0.3) is 21.8 Å². The Bertz CT molecular complexity index is 1120. The fraction of sp³-hybridized carbons (Fsp3) is 0.333. The average Bonchev–Trinajstić information content (AvgIpc) is 2.56. The number of benzene rings is 1. The molecule has 0 amide bonds. The second kappa shape index (κ2) is 4.95. The number of nitrogens with zero attached hydrogens (tertiary/aromatic N) is 2. The van der Waals surface area contributed by atoms with Crippen molar-refractivity contribution < 1.29 is 4.74 Å². The highest BCUT2D eigenvalue weighted by Gasteiger charge is 2.27. The number of aryl methyl sites for hydroxylation is 3. The molecular formula is C18H19N3O3. The molecule has 1 atom stereocenters. The van der Waals surface area contributed by atoms with Crippen molar-refractivity contribution in [3.8, 4) is 5.75 Å². The summed E-state index contributed by atoms with van der Waals surface area (Å²) >= 11 is 0. The summed E-state index contributed by atoms with van der Waals surface area (Å²) in [6.07, 6.45) is 0. The predicted molar refractivity (Wildman–Crippen MR) is 94.0 cm³/mol. The number of nitrogens with two attached hydrogens (primary N) is 1. The van der Waals surface area contributed by atoms with Crippen LogP contribution in [0.5, 0.6) is 5.75 Å². The van der Waals surface area contributed by atoms with Crippen molar-refractivity contribution in [1.82, 2.24) is 9.13 Å². The number of fused-ring (bicyclic) bond motifs is 2. The Kier molecular flexibility index (Phi) is 3.08. The van der Waals surface area contributed by atoms with E-state index in [1.807, 2.05) is 19.9 Å². The van der Waals surface area contributed by atoms with Gasteiger partial charge in [-0.1, -0.05) is 0 Å². The zero-order chi connectivity index (χ0) is 17.2. The van der Waals surface area contributed by atoms with Gasteiger partial charge in [0.15, 0.2) is 5.75 Å². The maximum absolute atomic E-state index is 12.6. The minimum atomic E-state index is -0.201. The summed E-state index contributed by atoms with van der Waals surface area (Å²) in [5.74, 6) is 0.594. The van der Waals surface area contributed by atoms with Gasteiger partial charge in [0.1, 0.15) is 6.61 Å². The molecule has 2 aromatic heterocycles. The quantitative estimate of drug-likeness (QED) is 0.685. The van der Waals surface area contributed by atoms with Crippen molar-refractivity contribution in [3.63, 3.8) is 0 Å². The summed E-state index contributed by atoms with van der Waals surface area (Å²) in [7, 11) is 1.73. The van der Waals surface area contributed by atoms with Crippen molar-refractivity contribution >= 4 is 21.8 Å². The lowest BCUT2D eigenvalue weighted by Crippen LogP contribution is -2.36. The monoisotopic (exact) mass is 325 g/mol. The highest BCUT2D eigenvalue weighted by molar-refractivity contribution is 6.04. The summed E-state index contributed by atoms with van der Waals surface area (Å²) in [5, 5.41) is 1.91. The lowest BCUT2D eigenvalue weighted by molar-refractivity contribution is 0.239. The lowest BCUT2D eigenvalue weighted by atomic mass is 10.0. The molecule has 1 aliphatic rings. The van der Waals surface area contributed by atoms with E-state index < -0.39 is 0 Å². The minimum absolute atomic E-state index is 0.0861. The highest BCUT2D eigenvalue weighted by Crippen LogP contribution is 2.39. The molecule has 124 valence electrons. The maximum Gasteiger partial charge on any atom is 0.251 e. The first-order chi connectivity index (χ1) is 11.4. The van der Waals surface area contributed by atoms with Gasteiger partial charge in [-0.05, 0) is 31.0 Å². The first-order valence-electron chi connectivity index (χ1n) is 7.96. The van der Waals surface area contributed by atoms with Crippen molar-refractivity contribution in [3.05, 3.63) is 50.0 Å². The molecule has 4 rings (SSSR count). The molecule has 0 radical (unpaired) electrons. The van der Waals surface area contributed by atoms with Gasteiger partial charge in [0.2, 0.25) is 0 Å². The van der Waals surface area contributed by atoms with Crippen LogP contribution in [-0.4, -0.2) is 22.3 Å². The van der Waals surface area contributed by atoms with Crippen molar-refractivity contribution in [2.75, 3.05) is 13.2 Å². The van der Waals surface area contributed by atoms with Crippen LogP contribution in [0.4, 0.5) is 0 Å². The smallest absolute Gasteiger partial charge is 0.251 e. The van der Waals surface area contributed by atoms with E-state index in [0.29, 0.717) is 18.9 Å². The van der Waals surface area contributed by atoms with E-state index in [0.717, 1.165) is 32.9 Å². The van der Waals surface area contributed by atoms with E-state index in [9.17, 15) is 9.59 Å². The zero-order valence-corrected chi connectivity index (χ0v) is 13.9. The number of hydrogen-bond acceptors (Lipinski definition) is 4. The first-order valence-corrected chi connectivity index (χ1v) is 7.96. The zero-order valence-electron chi connectivity index (χ0n) is 13.9. The maximum atomic E-state index is 12.6. The molecule has 3 heterocycles. The molecule has 0 spiro atoms. The van der Waals surface area contributed by atoms with E-state index >= 15 is 0 Å². The van der Waals surface area contributed by atoms with Gasteiger partial charge >= 0.3 is 0 Å². The van der Waals surface area contributed by atoms with Crippen molar-refractivity contribution in [2.45, 2.75) is 19.9 Å². The number of pyridine rings is 2. The van der Waals surface area contributed by atoms with Crippen LogP contribution < -0.4 is 21.6 Å². The number of rotatable bonds is 1. The van der Waals surface area contributed by atoms with Gasteiger partial charge in [-0.2, -0.15) is 0 Å². The van der Waals surface area contributed by atoms with Gasteiger partial charge in [-0.25, -0.2) is 0 Å². The van der Waals surface area contributed by atoms with Crippen LogP contribution in [0.3, 0.4) is 0 Å². The molecule has 0 fully saturated rings. The van der Waals surface area contributed by atoms with Crippen LogP contribution in [0.2, 0.25) is 0 Å². The fourth-order valence-corrected chi connectivity index (χ4v) is 3.65. The predicted octanol–water partition coefficient (Wildman–Crippen LogP) is 1.36. The number of aromatic nitrogens is 2. The van der Waals surface area contributed by atoms with Crippen LogP contribution in [-0.2, 0) is 7.05 Å². The molecule has 0 saturated heterocycles. The Hall–Kier alpha value is -2.60. The summed E-state index contributed by atoms with van der Waals surface area (Å²) < 4.78 is 9.31. The van der Waals surface area contributed by atoms with Gasteiger partial charge in [-0.3, -0.25) is 14.2 Å². The Labute approximate surface area is 138 Å². The third-order valence-electron chi connectivity index (χ3n) is 4.96. The Morgan fingerprint density at radius 2 is 1.71 bits per heavy atom. The standard InChI is InChI=1S/C18H19N3O3/c1-9-4-14(22)20(3)16-12(9)6-13-10(2)5-15(23)21-11(7-19)8-24-18(16)17(13)21/h4-6,11H,7-8,19H2,1-3H3/t11-/m0/s1. The minimum Gasteiger partial charge on any atom is -0.487 e. The van der Waals surface area contributed by atoms with E-state index in [1.54, 1.807) is 28.3 Å². The number of ether oxygens (including phenoxy) is 1. The summed E-state index contributed by atoms with van der Waals surface area (Å²) in [5.41, 5.74) is 8.90. The SMILES string of the molecule is Cc1cc(=O)n(C)c2c3c4c(cc12)c(C)cc(=O)n4[C@@H](CN)CO3. The van der Waals surface area contributed by atoms with Crippen molar-refractivity contribution in [1.29, 1.82) is 0 Å². The van der Waals surface area contributed by atoms with Crippen LogP contribution in [0, 0.1) is 13.8 Å². The number of hydrogen-bond donors (Lipinski definition) is 1. The van der Waals surface area contributed by atoms with Gasteiger partial charge in [0.05, 0.1) is 17.1 Å². The van der Waals surface area contributed by atoms with E-state index in [4.69, 9.17) is 10.5 Å². The molecular weight excluding hydrogens is 306 g/mol. The molecule has 24 heavy (non-hydrogen) atoms. The Morgan fingerprint density at radius 3 is 2.38 bits per heavy atom. The normalized spacial score (nSPS) is 16.6. The highest BCUT2D eigenvalue weighted by atomic mass is 16.5. The molecule has 3 aromatic rings. The second-order valence-corrected chi connectivity index (χ2v) is 6.46. The van der Waals surface area contributed by atoms with Crippen LogP contribution >= 0.6 is 0 Å². The third-order valence-corrected chi connectivity index (χ3v) is 4.96. The van der Waals surface area contributed by atoms with Crippen molar-refractivity contribution in [2.24, 2.45) is 12.8 Å². The summed E-state index contributed by atoms with van der Waals surface area (Å²) in [4.78, 5) is 24.8. The fourth-order valence-electron chi connectivity index (χ4n) is 3.65. The molecule has 2 N–H and O–H groups in total. The molecule has 0 saturated carbocycles. The largest absolute Gasteiger partial charge is 0.487 e. The van der Waals surface area contributed by atoms with E-state index in [1.165, 1.54) is 0 Å². The van der Waals surface area contributed by atoms with Crippen LogP contribution in [0.15, 0.2) is 27.8 Å². The summed E-state index contributed by atoms with van der Waals surface area (Å²) in [6.45, 7) is 4.48. The molecule has 1 aromatic carbocycles. The topological polar surface area (TPSA) is 79.2 Å². The van der Waals surface area contributed by atoms with E-state index in [2.05, 4.69) is 0 Å². The molecule has 0 bridgehead atoms. The summed E-state index contributed by atoms with van der Waals surface area (Å²) in [6, 6.07) is 5.10. The molecule has 6 nitrogen and oxygen atoms in total. The molecule has 1 aliphatic heterocycles. The lowest BCUT2D eigenvalue weighted by Gasteiger charge is -2.29. The molecule has 0 unspecified atom stereocenters. The first kappa shape index (κ1) is 15.0. The Morgan fingerprint density at radius 1 is 1.08 bits per heavy atom. The van der Waals surface area contributed by atoms with Gasteiger partial charge < -0.3 is 15.0 Å². The molecule has 0 aliphatic carbocycles. The second-order valence-electron chi connectivity index (χ2n) is 6.46. The van der Waals surface area contributed by atoms with Gasteiger partial charge in [0, 0.05) is 36.5 Å². The average molecular weight is 325 g/mol. The van der Waals surface area contributed by atoms with Crippen LogP contribution in [0.1, 0.15) is 17.2 Å². The van der Waals surface area contributed by atoms with E-state index in [-0.39, 0.29) is 17.2 Å². The van der Waals surface area contributed by atoms with Gasteiger partial charge in [0.25, 0.3) is 11.1 Å². The Balaban J connectivity index is 2.35. The molecule has 6 heteroatoms.